The maximum Gasteiger partial charge on any atom is 0.225 e. The second-order valence-electron chi connectivity index (χ2n) is 5.46. The highest BCUT2D eigenvalue weighted by Crippen LogP contribution is 2.32. The van der Waals surface area contributed by atoms with Gasteiger partial charge >= 0.3 is 0 Å². The van der Waals surface area contributed by atoms with E-state index in [1.165, 1.54) is 4.88 Å². The zero-order valence-corrected chi connectivity index (χ0v) is 12.5. The molecule has 1 aromatic rings. The summed E-state index contributed by atoms with van der Waals surface area (Å²) in [6.07, 6.45) is 4.35. The molecule has 2 heterocycles. The molecular formula is C14H19ClN2OS. The summed E-state index contributed by atoms with van der Waals surface area (Å²) >= 11 is 7.55. The monoisotopic (exact) mass is 298 g/mol. The van der Waals surface area contributed by atoms with Crippen molar-refractivity contribution in [2.75, 3.05) is 13.1 Å². The highest BCUT2D eigenvalue weighted by molar-refractivity contribution is 7.16. The Hall–Kier alpha value is -0.580. The molecule has 3 nitrogen and oxygen atoms in total. The van der Waals surface area contributed by atoms with Crippen molar-refractivity contribution in [3.63, 3.8) is 0 Å². The van der Waals surface area contributed by atoms with Crippen LogP contribution < -0.4 is 5.32 Å². The number of halogens is 1. The first-order valence-electron chi connectivity index (χ1n) is 6.99. The van der Waals surface area contributed by atoms with Crippen LogP contribution in [-0.4, -0.2) is 29.9 Å². The number of hydrogen-bond donors (Lipinski definition) is 1. The predicted octanol–water partition coefficient (Wildman–Crippen LogP) is 2.89. The van der Waals surface area contributed by atoms with E-state index in [1.54, 1.807) is 11.3 Å². The molecule has 0 spiro atoms. The molecule has 1 amide bonds. The maximum absolute atomic E-state index is 11.9. The lowest BCUT2D eigenvalue weighted by molar-refractivity contribution is -0.133. The summed E-state index contributed by atoms with van der Waals surface area (Å²) in [5.41, 5.74) is 0. The molecule has 0 aromatic carbocycles. The zero-order chi connectivity index (χ0) is 13.2. The Kier molecular flexibility index (Phi) is 4.10. The van der Waals surface area contributed by atoms with Crippen LogP contribution in [0.1, 0.15) is 30.6 Å². The van der Waals surface area contributed by atoms with Crippen LogP contribution in [-0.2, 0) is 11.3 Å². The van der Waals surface area contributed by atoms with Crippen molar-refractivity contribution >= 4 is 28.8 Å². The smallest absolute Gasteiger partial charge is 0.225 e. The number of likely N-dealkylation sites (tertiary alicyclic amines) is 1. The number of hydrogen-bond acceptors (Lipinski definition) is 3. The van der Waals surface area contributed by atoms with Crippen LogP contribution in [0, 0.1) is 5.92 Å². The van der Waals surface area contributed by atoms with Gasteiger partial charge in [-0.05, 0) is 37.8 Å². The van der Waals surface area contributed by atoms with E-state index >= 15 is 0 Å². The van der Waals surface area contributed by atoms with Crippen LogP contribution in [0.3, 0.4) is 0 Å². The summed E-state index contributed by atoms with van der Waals surface area (Å²) in [6.45, 7) is 2.72. The molecule has 1 aliphatic carbocycles. The van der Waals surface area contributed by atoms with Gasteiger partial charge in [0.1, 0.15) is 0 Å². The van der Waals surface area contributed by atoms with E-state index < -0.39 is 0 Å². The molecule has 19 heavy (non-hydrogen) atoms. The fraction of sp³-hybridized carbons (Fsp3) is 0.643. The van der Waals surface area contributed by atoms with Crippen molar-refractivity contribution < 1.29 is 4.79 Å². The number of thiophene rings is 1. The number of carbonyl (C=O) groups excluding carboxylic acids is 1. The summed E-state index contributed by atoms with van der Waals surface area (Å²) in [5.74, 6) is 0.751. The van der Waals surface area contributed by atoms with Gasteiger partial charge in [-0.1, -0.05) is 11.6 Å². The first-order chi connectivity index (χ1) is 9.22. The lowest BCUT2D eigenvalue weighted by atomic mass is 10.0. The van der Waals surface area contributed by atoms with Crippen LogP contribution in [0.5, 0.6) is 0 Å². The Labute approximate surface area is 122 Å². The lowest BCUT2D eigenvalue weighted by Gasteiger charge is -2.32. The Morgan fingerprint density at radius 2 is 2.05 bits per heavy atom. The second kappa shape index (κ2) is 5.81. The van der Waals surface area contributed by atoms with Crippen molar-refractivity contribution in [3.05, 3.63) is 21.3 Å². The van der Waals surface area contributed by atoms with Crippen LogP contribution in [0.2, 0.25) is 4.34 Å². The minimum Gasteiger partial charge on any atom is -0.342 e. The molecule has 0 radical (unpaired) electrons. The molecule has 1 aliphatic heterocycles. The number of piperidine rings is 1. The first kappa shape index (κ1) is 13.4. The second-order valence-corrected chi connectivity index (χ2v) is 7.26. The largest absolute Gasteiger partial charge is 0.342 e. The van der Waals surface area contributed by atoms with Crippen LogP contribution in [0.4, 0.5) is 0 Å². The third kappa shape index (κ3) is 3.50. The van der Waals surface area contributed by atoms with Gasteiger partial charge in [0, 0.05) is 36.5 Å². The molecule has 2 aliphatic rings. The number of nitrogens with zero attached hydrogens (tertiary/aromatic N) is 1. The fourth-order valence-corrected chi connectivity index (χ4v) is 3.62. The van der Waals surface area contributed by atoms with E-state index in [0.717, 1.165) is 49.7 Å². The van der Waals surface area contributed by atoms with Gasteiger partial charge < -0.3 is 10.2 Å². The Morgan fingerprint density at radius 1 is 1.32 bits per heavy atom. The van der Waals surface area contributed by atoms with Crippen molar-refractivity contribution in [2.45, 2.75) is 38.3 Å². The molecule has 1 N–H and O–H groups in total. The van der Waals surface area contributed by atoms with Gasteiger partial charge in [-0.25, -0.2) is 0 Å². The average Bonchev–Trinajstić information content (AvgIpc) is 3.19. The topological polar surface area (TPSA) is 32.3 Å². The van der Waals surface area contributed by atoms with Gasteiger partial charge in [-0.15, -0.1) is 11.3 Å². The van der Waals surface area contributed by atoms with E-state index in [-0.39, 0.29) is 0 Å². The van der Waals surface area contributed by atoms with E-state index in [9.17, 15) is 4.79 Å². The van der Waals surface area contributed by atoms with Crippen molar-refractivity contribution in [1.82, 2.24) is 10.2 Å². The van der Waals surface area contributed by atoms with Crippen LogP contribution in [0.25, 0.3) is 0 Å². The highest BCUT2D eigenvalue weighted by atomic mass is 35.5. The summed E-state index contributed by atoms with van der Waals surface area (Å²) in [7, 11) is 0. The summed E-state index contributed by atoms with van der Waals surface area (Å²) in [4.78, 5) is 15.3. The zero-order valence-electron chi connectivity index (χ0n) is 10.9. The Morgan fingerprint density at radius 3 is 2.63 bits per heavy atom. The van der Waals surface area contributed by atoms with Gasteiger partial charge in [0.25, 0.3) is 0 Å². The maximum atomic E-state index is 11.9. The SMILES string of the molecule is O=C(C1CC1)N1CCC(NCc2ccc(Cl)s2)CC1. The van der Waals surface area contributed by atoms with Gasteiger partial charge in [-0.2, -0.15) is 0 Å². The molecule has 2 fully saturated rings. The normalized spacial score (nSPS) is 20.8. The molecule has 3 rings (SSSR count). The molecule has 0 atom stereocenters. The minimum absolute atomic E-state index is 0.359. The number of amides is 1. The number of nitrogens with one attached hydrogen (secondary N) is 1. The molecule has 1 saturated heterocycles. The third-order valence-corrected chi connectivity index (χ3v) is 5.16. The fourth-order valence-electron chi connectivity index (χ4n) is 2.58. The number of carbonyl (C=O) groups is 1. The lowest BCUT2D eigenvalue weighted by Crippen LogP contribution is -2.45. The molecular weight excluding hydrogens is 280 g/mol. The molecule has 1 aromatic heterocycles. The number of rotatable bonds is 4. The van der Waals surface area contributed by atoms with E-state index in [0.29, 0.717) is 17.9 Å². The Bertz CT molecular complexity index is 450. The average molecular weight is 299 g/mol. The molecule has 0 unspecified atom stereocenters. The van der Waals surface area contributed by atoms with Crippen molar-refractivity contribution in [2.24, 2.45) is 5.92 Å². The van der Waals surface area contributed by atoms with E-state index in [1.807, 2.05) is 6.07 Å². The third-order valence-electron chi connectivity index (χ3n) is 3.93. The quantitative estimate of drug-likeness (QED) is 0.927. The summed E-state index contributed by atoms with van der Waals surface area (Å²) in [5, 5.41) is 3.57. The molecule has 5 heteroatoms. The van der Waals surface area contributed by atoms with E-state index in [2.05, 4.69) is 16.3 Å². The Balaban J connectivity index is 1.41. The van der Waals surface area contributed by atoms with Crippen molar-refractivity contribution in [1.29, 1.82) is 0 Å². The van der Waals surface area contributed by atoms with E-state index in [4.69, 9.17) is 11.6 Å². The van der Waals surface area contributed by atoms with Gasteiger partial charge in [0.15, 0.2) is 0 Å². The summed E-state index contributed by atoms with van der Waals surface area (Å²) in [6, 6.07) is 4.55. The minimum atomic E-state index is 0.359. The van der Waals surface area contributed by atoms with Gasteiger partial charge in [0.05, 0.1) is 4.34 Å². The molecule has 0 bridgehead atoms. The molecule has 1 saturated carbocycles. The molecule has 104 valence electrons. The standard InChI is InChI=1S/C14H19ClN2OS/c15-13-4-3-12(19-13)9-16-11-5-7-17(8-6-11)14(18)10-1-2-10/h3-4,10-11,16H,1-2,5-9H2. The first-order valence-corrected chi connectivity index (χ1v) is 8.18. The highest BCUT2D eigenvalue weighted by Gasteiger charge is 2.34. The van der Waals surface area contributed by atoms with Crippen LogP contribution >= 0.6 is 22.9 Å². The summed E-state index contributed by atoms with van der Waals surface area (Å²) < 4.78 is 0.849. The van der Waals surface area contributed by atoms with Gasteiger partial charge in [-0.3, -0.25) is 4.79 Å². The van der Waals surface area contributed by atoms with Crippen LogP contribution in [0.15, 0.2) is 12.1 Å². The predicted molar refractivity (Wildman–Crippen MR) is 78.5 cm³/mol. The van der Waals surface area contributed by atoms with Crippen molar-refractivity contribution in [3.8, 4) is 0 Å². The van der Waals surface area contributed by atoms with Gasteiger partial charge in [0.2, 0.25) is 5.91 Å².